The molecule has 0 rings (SSSR count). The fourth-order valence-electron chi connectivity index (χ4n) is 0.649. The molecule has 5 heteroatoms. The maximum atomic E-state index is 9.40. The number of hydrogen-bond acceptors (Lipinski definition) is 3. The van der Waals surface area contributed by atoms with Gasteiger partial charge < -0.3 is 10.2 Å². The molecular formula is C6H13Cl2NO2. The third-order valence-corrected chi connectivity index (χ3v) is 1.89. The van der Waals surface area contributed by atoms with Crippen molar-refractivity contribution in [2.75, 3.05) is 0 Å². The Labute approximate surface area is 76.3 Å². The molecule has 0 saturated heterocycles. The summed E-state index contributed by atoms with van der Waals surface area (Å²) in [5.74, 6) is 0. The van der Waals surface area contributed by atoms with Crippen LogP contribution in [-0.4, -0.2) is 26.5 Å². The van der Waals surface area contributed by atoms with Crippen molar-refractivity contribution in [3.05, 3.63) is 0 Å². The molecule has 0 aromatic carbocycles. The number of halogens is 2. The fourth-order valence-corrected chi connectivity index (χ4v) is 0.758. The van der Waals surface area contributed by atoms with E-state index in [1.165, 1.54) is 6.92 Å². The second kappa shape index (κ2) is 3.46. The summed E-state index contributed by atoms with van der Waals surface area (Å²) in [6.07, 6.45) is 0. The topological polar surface area (TPSA) is 52.5 Å². The maximum Gasteiger partial charge on any atom is 0.258 e. The average molecular weight is 202 g/mol. The molecule has 0 saturated carbocycles. The van der Waals surface area contributed by atoms with Gasteiger partial charge in [-0.2, -0.15) is 0 Å². The minimum absolute atomic E-state index is 0.0194. The lowest BCUT2D eigenvalue weighted by Crippen LogP contribution is -2.57. The van der Waals surface area contributed by atoms with E-state index in [9.17, 15) is 5.11 Å². The van der Waals surface area contributed by atoms with Crippen LogP contribution in [0.25, 0.3) is 0 Å². The van der Waals surface area contributed by atoms with Gasteiger partial charge in [0, 0.05) is 6.04 Å². The zero-order valence-corrected chi connectivity index (χ0v) is 8.24. The van der Waals surface area contributed by atoms with Gasteiger partial charge in [-0.1, -0.05) is 23.2 Å². The minimum Gasteiger partial charge on any atom is -0.371 e. The first-order valence-electron chi connectivity index (χ1n) is 3.27. The summed E-state index contributed by atoms with van der Waals surface area (Å²) in [7, 11) is 0. The van der Waals surface area contributed by atoms with Gasteiger partial charge >= 0.3 is 0 Å². The van der Waals surface area contributed by atoms with E-state index in [0.29, 0.717) is 0 Å². The van der Waals surface area contributed by atoms with E-state index in [-0.39, 0.29) is 6.04 Å². The minimum atomic E-state index is -2.18. The van der Waals surface area contributed by atoms with Crippen molar-refractivity contribution in [2.45, 2.75) is 37.1 Å². The van der Waals surface area contributed by atoms with Gasteiger partial charge in [0.15, 0.2) is 5.72 Å². The van der Waals surface area contributed by atoms with E-state index in [2.05, 4.69) is 5.32 Å². The van der Waals surface area contributed by atoms with Crippen LogP contribution in [0.3, 0.4) is 0 Å². The Balaban J connectivity index is 4.22. The first-order chi connectivity index (χ1) is 4.67. The van der Waals surface area contributed by atoms with Crippen LogP contribution in [-0.2, 0) is 0 Å². The molecule has 0 bridgehead atoms. The highest BCUT2D eigenvalue weighted by molar-refractivity contribution is 6.47. The summed E-state index contributed by atoms with van der Waals surface area (Å²) >= 11 is 10.6. The van der Waals surface area contributed by atoms with Crippen LogP contribution in [0.5, 0.6) is 0 Å². The SMILES string of the molecule is CC(C)NC(C)(O)C(O)(Cl)Cl. The van der Waals surface area contributed by atoms with E-state index < -0.39 is 10.2 Å². The molecule has 0 fully saturated rings. The lowest BCUT2D eigenvalue weighted by molar-refractivity contribution is -0.0744. The Morgan fingerprint density at radius 2 is 1.64 bits per heavy atom. The number of nitrogens with one attached hydrogen (secondary N) is 1. The molecule has 1 atom stereocenters. The number of aliphatic hydroxyl groups is 2. The Kier molecular flexibility index (Phi) is 3.60. The first kappa shape index (κ1) is 11.5. The predicted octanol–water partition coefficient (Wildman–Crippen LogP) is 0.817. The summed E-state index contributed by atoms with van der Waals surface area (Å²) in [6.45, 7) is 4.90. The third kappa shape index (κ3) is 3.58. The van der Waals surface area contributed by atoms with Crippen molar-refractivity contribution >= 4 is 23.2 Å². The number of rotatable bonds is 3. The molecule has 3 N–H and O–H groups in total. The molecule has 0 spiro atoms. The molecule has 0 aliphatic carbocycles. The van der Waals surface area contributed by atoms with Crippen LogP contribution in [0, 0.1) is 0 Å². The van der Waals surface area contributed by atoms with Gasteiger partial charge in [-0.25, -0.2) is 0 Å². The summed E-state index contributed by atoms with van der Waals surface area (Å²) in [5.41, 5.74) is -1.70. The zero-order valence-electron chi connectivity index (χ0n) is 6.73. The highest BCUT2D eigenvalue weighted by atomic mass is 35.5. The summed E-state index contributed by atoms with van der Waals surface area (Å²) in [5, 5.41) is 21.0. The van der Waals surface area contributed by atoms with E-state index in [1.54, 1.807) is 13.8 Å². The Morgan fingerprint density at radius 3 is 1.73 bits per heavy atom. The van der Waals surface area contributed by atoms with Crippen molar-refractivity contribution in [1.82, 2.24) is 5.32 Å². The Bertz CT molecular complexity index is 131. The second-order valence-electron chi connectivity index (χ2n) is 2.91. The van der Waals surface area contributed by atoms with Crippen LogP contribution in [0.2, 0.25) is 0 Å². The molecule has 11 heavy (non-hydrogen) atoms. The third-order valence-electron chi connectivity index (χ3n) is 1.16. The molecule has 0 aromatic rings. The van der Waals surface area contributed by atoms with Crippen molar-refractivity contribution in [3.8, 4) is 0 Å². The van der Waals surface area contributed by atoms with Crippen molar-refractivity contribution < 1.29 is 10.2 Å². The normalized spacial score (nSPS) is 18.5. The average Bonchev–Trinajstić information content (AvgIpc) is 1.56. The van der Waals surface area contributed by atoms with E-state index in [0.717, 1.165) is 0 Å². The highest BCUT2D eigenvalue weighted by Gasteiger charge is 2.43. The first-order valence-corrected chi connectivity index (χ1v) is 4.02. The van der Waals surface area contributed by atoms with Crippen molar-refractivity contribution in [2.24, 2.45) is 0 Å². The van der Waals surface area contributed by atoms with Gasteiger partial charge in [0.2, 0.25) is 0 Å². The molecule has 0 radical (unpaired) electrons. The molecule has 0 aromatic heterocycles. The number of hydrogen-bond donors (Lipinski definition) is 3. The fraction of sp³-hybridized carbons (Fsp3) is 1.00. The Morgan fingerprint density at radius 1 is 1.27 bits per heavy atom. The second-order valence-corrected chi connectivity index (χ2v) is 4.20. The van der Waals surface area contributed by atoms with Crippen molar-refractivity contribution in [1.29, 1.82) is 0 Å². The summed E-state index contributed by atoms with van der Waals surface area (Å²) in [4.78, 5) is 0. The van der Waals surface area contributed by atoms with Crippen molar-refractivity contribution in [3.63, 3.8) is 0 Å². The van der Waals surface area contributed by atoms with E-state index in [4.69, 9.17) is 28.3 Å². The highest BCUT2D eigenvalue weighted by Crippen LogP contribution is 2.28. The van der Waals surface area contributed by atoms with Gasteiger partial charge in [-0.05, 0) is 20.8 Å². The molecular weight excluding hydrogens is 189 g/mol. The molecule has 0 amide bonds. The van der Waals surface area contributed by atoms with Crippen LogP contribution in [0.15, 0.2) is 0 Å². The largest absolute Gasteiger partial charge is 0.371 e. The van der Waals surface area contributed by atoms with Gasteiger partial charge in [0.25, 0.3) is 4.52 Å². The molecule has 0 aliphatic heterocycles. The van der Waals surface area contributed by atoms with E-state index >= 15 is 0 Å². The van der Waals surface area contributed by atoms with Crippen LogP contribution in [0.4, 0.5) is 0 Å². The van der Waals surface area contributed by atoms with Crippen LogP contribution >= 0.6 is 23.2 Å². The maximum absolute atomic E-state index is 9.40. The van der Waals surface area contributed by atoms with Gasteiger partial charge in [0.1, 0.15) is 0 Å². The zero-order chi connectivity index (χ0) is 9.28. The van der Waals surface area contributed by atoms with Gasteiger partial charge in [-0.3, -0.25) is 5.32 Å². The van der Waals surface area contributed by atoms with Gasteiger partial charge in [-0.15, -0.1) is 0 Å². The monoisotopic (exact) mass is 201 g/mol. The summed E-state index contributed by atoms with van der Waals surface area (Å²) in [6, 6.07) is -0.0194. The smallest absolute Gasteiger partial charge is 0.258 e. The number of alkyl halides is 2. The lowest BCUT2D eigenvalue weighted by atomic mass is 10.2. The lowest BCUT2D eigenvalue weighted by Gasteiger charge is -2.33. The Hall–Kier alpha value is 0.460. The van der Waals surface area contributed by atoms with E-state index in [1.807, 2.05) is 0 Å². The molecule has 1 unspecified atom stereocenters. The predicted molar refractivity (Wildman–Crippen MR) is 45.6 cm³/mol. The van der Waals surface area contributed by atoms with Gasteiger partial charge in [0.05, 0.1) is 0 Å². The molecule has 0 aliphatic rings. The molecule has 0 heterocycles. The standard InChI is InChI=1S/C6H13Cl2NO2/c1-4(2)9-5(3,10)6(7,8)11/h4,9-11H,1-3H3. The summed E-state index contributed by atoms with van der Waals surface area (Å²) < 4.78 is -2.18. The van der Waals surface area contributed by atoms with Crippen LogP contribution in [0.1, 0.15) is 20.8 Å². The molecule has 68 valence electrons. The molecule has 3 nitrogen and oxygen atoms in total. The quantitative estimate of drug-likeness (QED) is 0.469. The van der Waals surface area contributed by atoms with Crippen LogP contribution < -0.4 is 5.32 Å².